The van der Waals surface area contributed by atoms with Crippen molar-refractivity contribution in [2.75, 3.05) is 39.8 Å². The van der Waals surface area contributed by atoms with Gasteiger partial charge in [0.05, 0.1) is 0 Å². The lowest BCUT2D eigenvalue weighted by Crippen LogP contribution is -2.44. The first-order chi connectivity index (χ1) is 8.15. The molecule has 1 N–H and O–H groups in total. The van der Waals surface area contributed by atoms with Gasteiger partial charge in [0.2, 0.25) is 0 Å². The Hall–Kier alpha value is -0.120. The van der Waals surface area contributed by atoms with Crippen molar-refractivity contribution in [3.8, 4) is 0 Å². The molecule has 3 nitrogen and oxygen atoms in total. The fraction of sp³-hybridized carbons (Fsp3) is 1.00. The Kier molecular flexibility index (Phi) is 7.09. The first kappa shape index (κ1) is 14.9. The second-order valence-electron chi connectivity index (χ2n) is 5.48. The van der Waals surface area contributed by atoms with Gasteiger partial charge in [-0.3, -0.25) is 0 Å². The Bertz CT molecular complexity index is 192. The van der Waals surface area contributed by atoms with E-state index >= 15 is 0 Å². The SMILES string of the molecule is CCN(CC)CC(C)NC1CCCN(C)CC1. The Morgan fingerprint density at radius 2 is 1.94 bits per heavy atom. The molecule has 2 atom stereocenters. The Balaban J connectivity index is 2.27. The molecule has 1 rings (SSSR count). The molecule has 0 radical (unpaired) electrons. The summed E-state index contributed by atoms with van der Waals surface area (Å²) in [6, 6.07) is 1.34. The van der Waals surface area contributed by atoms with Crippen LogP contribution in [0.2, 0.25) is 0 Å². The first-order valence-electron chi connectivity index (χ1n) is 7.32. The van der Waals surface area contributed by atoms with Crippen molar-refractivity contribution in [3.05, 3.63) is 0 Å². The van der Waals surface area contributed by atoms with Gasteiger partial charge >= 0.3 is 0 Å². The maximum atomic E-state index is 3.81. The van der Waals surface area contributed by atoms with Gasteiger partial charge in [0.1, 0.15) is 0 Å². The van der Waals surface area contributed by atoms with Crippen molar-refractivity contribution in [2.24, 2.45) is 0 Å². The van der Waals surface area contributed by atoms with Gasteiger partial charge in [0.15, 0.2) is 0 Å². The highest BCUT2D eigenvalue weighted by Crippen LogP contribution is 2.10. The summed E-state index contributed by atoms with van der Waals surface area (Å²) in [4.78, 5) is 4.96. The van der Waals surface area contributed by atoms with Gasteiger partial charge in [-0.25, -0.2) is 0 Å². The summed E-state index contributed by atoms with van der Waals surface area (Å²) in [5, 5.41) is 3.81. The standard InChI is InChI=1S/C14H31N3/c1-5-17(6-2)12-13(3)15-14-8-7-10-16(4)11-9-14/h13-15H,5-12H2,1-4H3. The molecule has 1 aliphatic heterocycles. The van der Waals surface area contributed by atoms with E-state index in [1.807, 2.05) is 0 Å². The molecule has 0 aromatic rings. The lowest BCUT2D eigenvalue weighted by Gasteiger charge is -2.27. The molecule has 0 aromatic heterocycles. The highest BCUT2D eigenvalue weighted by molar-refractivity contribution is 4.77. The average Bonchev–Trinajstić information content (AvgIpc) is 2.51. The van der Waals surface area contributed by atoms with Crippen LogP contribution in [-0.2, 0) is 0 Å². The minimum Gasteiger partial charge on any atom is -0.310 e. The molecule has 0 saturated carbocycles. The molecule has 2 unspecified atom stereocenters. The van der Waals surface area contributed by atoms with Crippen molar-refractivity contribution < 1.29 is 0 Å². The first-order valence-corrected chi connectivity index (χ1v) is 7.32. The molecular formula is C14H31N3. The summed E-state index contributed by atoms with van der Waals surface area (Å²) in [7, 11) is 2.24. The molecule has 0 spiro atoms. The third kappa shape index (κ3) is 5.84. The minimum absolute atomic E-state index is 0.614. The van der Waals surface area contributed by atoms with Crippen LogP contribution < -0.4 is 5.32 Å². The highest BCUT2D eigenvalue weighted by Gasteiger charge is 2.17. The molecule has 0 aliphatic carbocycles. The lowest BCUT2D eigenvalue weighted by atomic mass is 10.1. The minimum atomic E-state index is 0.614. The fourth-order valence-corrected chi connectivity index (χ4v) is 2.73. The van der Waals surface area contributed by atoms with Crippen LogP contribution in [0.25, 0.3) is 0 Å². The summed E-state index contributed by atoms with van der Waals surface area (Å²) in [6.07, 6.45) is 3.98. The van der Waals surface area contributed by atoms with E-state index in [0.29, 0.717) is 6.04 Å². The van der Waals surface area contributed by atoms with E-state index in [1.165, 1.54) is 38.9 Å². The molecule has 3 heteroatoms. The molecule has 1 saturated heterocycles. The van der Waals surface area contributed by atoms with Crippen molar-refractivity contribution in [1.29, 1.82) is 0 Å². The van der Waals surface area contributed by atoms with Gasteiger partial charge in [0, 0.05) is 18.6 Å². The zero-order chi connectivity index (χ0) is 12.7. The van der Waals surface area contributed by atoms with Gasteiger partial charge in [-0.05, 0) is 59.4 Å². The zero-order valence-electron chi connectivity index (χ0n) is 12.2. The number of hydrogen-bond donors (Lipinski definition) is 1. The maximum Gasteiger partial charge on any atom is 0.0169 e. The number of hydrogen-bond acceptors (Lipinski definition) is 3. The predicted octanol–water partition coefficient (Wildman–Crippen LogP) is 1.79. The van der Waals surface area contributed by atoms with E-state index in [0.717, 1.165) is 19.1 Å². The molecule has 1 aliphatic rings. The Morgan fingerprint density at radius 1 is 1.24 bits per heavy atom. The molecule has 0 amide bonds. The van der Waals surface area contributed by atoms with Crippen LogP contribution in [0.3, 0.4) is 0 Å². The molecular weight excluding hydrogens is 210 g/mol. The smallest absolute Gasteiger partial charge is 0.0169 e. The molecule has 1 fully saturated rings. The number of rotatable bonds is 6. The van der Waals surface area contributed by atoms with Gasteiger partial charge < -0.3 is 15.1 Å². The zero-order valence-corrected chi connectivity index (χ0v) is 12.2. The summed E-state index contributed by atoms with van der Waals surface area (Å²) in [5.74, 6) is 0. The van der Waals surface area contributed by atoms with Crippen LogP contribution >= 0.6 is 0 Å². The third-order valence-corrected chi connectivity index (χ3v) is 3.90. The number of likely N-dealkylation sites (tertiary alicyclic amines) is 1. The van der Waals surface area contributed by atoms with E-state index in [2.05, 4.69) is 42.9 Å². The summed E-state index contributed by atoms with van der Waals surface area (Å²) in [6.45, 7) is 12.8. The highest BCUT2D eigenvalue weighted by atomic mass is 15.1. The molecule has 1 heterocycles. The Morgan fingerprint density at radius 3 is 2.59 bits per heavy atom. The quantitative estimate of drug-likeness (QED) is 0.765. The lowest BCUT2D eigenvalue weighted by molar-refractivity contribution is 0.256. The Labute approximate surface area is 108 Å². The van der Waals surface area contributed by atoms with Gasteiger partial charge in [-0.2, -0.15) is 0 Å². The van der Waals surface area contributed by atoms with E-state index in [4.69, 9.17) is 0 Å². The van der Waals surface area contributed by atoms with Gasteiger partial charge in [0.25, 0.3) is 0 Å². The van der Waals surface area contributed by atoms with E-state index < -0.39 is 0 Å². The summed E-state index contributed by atoms with van der Waals surface area (Å²) in [5.41, 5.74) is 0. The normalized spacial score (nSPS) is 24.9. The van der Waals surface area contributed by atoms with E-state index in [-0.39, 0.29) is 0 Å². The third-order valence-electron chi connectivity index (χ3n) is 3.90. The largest absolute Gasteiger partial charge is 0.310 e. The van der Waals surface area contributed by atoms with Crippen molar-refractivity contribution in [2.45, 2.75) is 52.1 Å². The van der Waals surface area contributed by atoms with Crippen LogP contribution in [0.1, 0.15) is 40.0 Å². The number of nitrogens with one attached hydrogen (secondary N) is 1. The predicted molar refractivity (Wildman–Crippen MR) is 75.5 cm³/mol. The second kappa shape index (κ2) is 8.06. The van der Waals surface area contributed by atoms with Gasteiger partial charge in [-0.1, -0.05) is 13.8 Å². The van der Waals surface area contributed by atoms with Crippen LogP contribution in [0, 0.1) is 0 Å². The molecule has 0 aromatic carbocycles. The van der Waals surface area contributed by atoms with E-state index in [9.17, 15) is 0 Å². The molecule has 17 heavy (non-hydrogen) atoms. The van der Waals surface area contributed by atoms with Gasteiger partial charge in [-0.15, -0.1) is 0 Å². The number of likely N-dealkylation sites (N-methyl/N-ethyl adjacent to an activating group) is 1. The van der Waals surface area contributed by atoms with Crippen molar-refractivity contribution >= 4 is 0 Å². The monoisotopic (exact) mass is 241 g/mol. The second-order valence-corrected chi connectivity index (χ2v) is 5.48. The molecule has 102 valence electrons. The molecule has 0 bridgehead atoms. The van der Waals surface area contributed by atoms with Crippen molar-refractivity contribution in [3.63, 3.8) is 0 Å². The summed E-state index contributed by atoms with van der Waals surface area (Å²) >= 11 is 0. The van der Waals surface area contributed by atoms with Crippen molar-refractivity contribution in [1.82, 2.24) is 15.1 Å². The fourth-order valence-electron chi connectivity index (χ4n) is 2.73. The van der Waals surface area contributed by atoms with Crippen LogP contribution in [0.4, 0.5) is 0 Å². The topological polar surface area (TPSA) is 18.5 Å². The summed E-state index contributed by atoms with van der Waals surface area (Å²) < 4.78 is 0. The van der Waals surface area contributed by atoms with Crippen LogP contribution in [-0.4, -0.2) is 61.7 Å². The van der Waals surface area contributed by atoms with Crippen LogP contribution in [0.15, 0.2) is 0 Å². The van der Waals surface area contributed by atoms with Crippen LogP contribution in [0.5, 0.6) is 0 Å². The number of nitrogens with zero attached hydrogens (tertiary/aromatic N) is 2. The maximum absolute atomic E-state index is 3.81. The average molecular weight is 241 g/mol. The van der Waals surface area contributed by atoms with E-state index in [1.54, 1.807) is 0 Å².